The number of fused-ring (bicyclic) bond motifs is 1. The molecule has 172 valence electrons. The summed E-state index contributed by atoms with van der Waals surface area (Å²) in [4.78, 5) is 26.6. The highest BCUT2D eigenvalue weighted by molar-refractivity contribution is 8.00. The Balaban J connectivity index is 1.57. The van der Waals surface area contributed by atoms with Gasteiger partial charge in [0.25, 0.3) is 0 Å². The van der Waals surface area contributed by atoms with Gasteiger partial charge in [-0.1, -0.05) is 86.1 Å². The lowest BCUT2D eigenvalue weighted by atomic mass is 10.1. The summed E-state index contributed by atoms with van der Waals surface area (Å²) in [5, 5.41) is 7.74. The lowest BCUT2D eigenvalue weighted by Crippen LogP contribution is -2.19. The molecule has 0 spiro atoms. The summed E-state index contributed by atoms with van der Waals surface area (Å²) in [5.41, 5.74) is 2.46. The number of hydrogen-bond acceptors (Lipinski definition) is 3. The predicted octanol–water partition coefficient (Wildman–Crippen LogP) is 7.44. The third-order valence-corrected chi connectivity index (χ3v) is 6.77. The van der Waals surface area contributed by atoms with E-state index in [4.69, 9.17) is 0 Å². The largest absolute Gasteiger partial charge is 0.326 e. The number of rotatable bonds is 9. The van der Waals surface area contributed by atoms with E-state index in [2.05, 4.69) is 17.6 Å². The highest BCUT2D eigenvalue weighted by Gasteiger charge is 2.23. The van der Waals surface area contributed by atoms with Crippen molar-refractivity contribution in [2.75, 3.05) is 10.6 Å². The van der Waals surface area contributed by atoms with Crippen LogP contribution >= 0.6 is 11.8 Å². The molecule has 0 radical (unpaired) electrons. The van der Waals surface area contributed by atoms with Crippen molar-refractivity contribution in [2.24, 2.45) is 0 Å². The van der Waals surface area contributed by atoms with Crippen LogP contribution in [-0.2, 0) is 9.59 Å². The molecule has 4 aromatic carbocycles. The first kappa shape index (κ1) is 23.6. The molecule has 4 aromatic rings. The van der Waals surface area contributed by atoms with Gasteiger partial charge in [0.05, 0.1) is 0 Å². The van der Waals surface area contributed by atoms with Gasteiger partial charge >= 0.3 is 0 Å². The van der Waals surface area contributed by atoms with Gasteiger partial charge in [0.15, 0.2) is 0 Å². The standard InChI is InChI=1S/C29H28N2O2S/c1-2-3-19-27(32)30-23-15-10-16-24(20-23)34-28(22-12-5-4-6-13-22)29(33)31-26-18-9-14-21-11-7-8-17-25(21)26/h4-18,20,28H,2-3,19H2,1H3,(H,30,32)(H,31,33). The van der Waals surface area contributed by atoms with E-state index in [1.165, 1.54) is 11.8 Å². The number of thioether (sulfide) groups is 1. The fourth-order valence-electron chi connectivity index (χ4n) is 3.78. The Morgan fingerprint density at radius 2 is 1.56 bits per heavy atom. The molecule has 0 heterocycles. The van der Waals surface area contributed by atoms with Gasteiger partial charge in [-0.05, 0) is 41.6 Å². The Morgan fingerprint density at radius 3 is 2.38 bits per heavy atom. The molecule has 1 unspecified atom stereocenters. The maximum atomic E-state index is 13.5. The predicted molar refractivity (Wildman–Crippen MR) is 142 cm³/mol. The Labute approximate surface area is 204 Å². The number of carbonyl (C=O) groups excluding carboxylic acids is 2. The smallest absolute Gasteiger partial charge is 0.242 e. The molecule has 2 amide bonds. The van der Waals surface area contributed by atoms with Gasteiger partial charge in [-0.2, -0.15) is 0 Å². The van der Waals surface area contributed by atoms with E-state index in [0.717, 1.165) is 45.4 Å². The molecule has 0 aliphatic heterocycles. The van der Waals surface area contributed by atoms with Gasteiger partial charge in [-0.15, -0.1) is 11.8 Å². The maximum absolute atomic E-state index is 13.5. The highest BCUT2D eigenvalue weighted by atomic mass is 32.2. The van der Waals surface area contributed by atoms with Crippen LogP contribution in [0.4, 0.5) is 11.4 Å². The molecule has 0 aliphatic rings. The maximum Gasteiger partial charge on any atom is 0.242 e. The molecule has 1 atom stereocenters. The topological polar surface area (TPSA) is 58.2 Å². The minimum Gasteiger partial charge on any atom is -0.326 e. The number of anilines is 2. The van der Waals surface area contributed by atoms with Crippen LogP contribution in [0.1, 0.15) is 37.0 Å². The van der Waals surface area contributed by atoms with Crippen molar-refractivity contribution in [1.82, 2.24) is 0 Å². The SMILES string of the molecule is CCCCC(=O)Nc1cccc(SC(C(=O)Nc2cccc3ccccc23)c2ccccc2)c1. The number of benzene rings is 4. The average Bonchev–Trinajstić information content (AvgIpc) is 2.87. The molecule has 4 rings (SSSR count). The quantitative estimate of drug-likeness (QED) is 0.251. The number of carbonyl (C=O) groups is 2. The first-order valence-electron chi connectivity index (χ1n) is 11.5. The summed E-state index contributed by atoms with van der Waals surface area (Å²) < 4.78 is 0. The second-order valence-corrected chi connectivity index (χ2v) is 9.28. The van der Waals surface area contributed by atoms with Crippen LogP contribution in [0.5, 0.6) is 0 Å². The van der Waals surface area contributed by atoms with Crippen LogP contribution < -0.4 is 10.6 Å². The van der Waals surface area contributed by atoms with Crippen LogP contribution in [0.25, 0.3) is 10.8 Å². The molecule has 0 aliphatic carbocycles. The second kappa shape index (κ2) is 11.5. The molecule has 0 saturated carbocycles. The summed E-state index contributed by atoms with van der Waals surface area (Å²) in [6.07, 6.45) is 2.35. The van der Waals surface area contributed by atoms with Crippen molar-refractivity contribution < 1.29 is 9.59 Å². The summed E-state index contributed by atoms with van der Waals surface area (Å²) in [6.45, 7) is 2.07. The summed E-state index contributed by atoms with van der Waals surface area (Å²) >= 11 is 1.47. The van der Waals surface area contributed by atoms with Crippen molar-refractivity contribution in [3.8, 4) is 0 Å². The average molecular weight is 469 g/mol. The van der Waals surface area contributed by atoms with Gasteiger partial charge < -0.3 is 10.6 Å². The molecule has 0 bridgehead atoms. The van der Waals surface area contributed by atoms with E-state index in [9.17, 15) is 9.59 Å². The lowest BCUT2D eigenvalue weighted by molar-refractivity contribution is -0.116. The highest BCUT2D eigenvalue weighted by Crippen LogP contribution is 2.37. The molecule has 34 heavy (non-hydrogen) atoms. The summed E-state index contributed by atoms with van der Waals surface area (Å²) in [6, 6.07) is 31.4. The van der Waals surface area contributed by atoms with Crippen LogP contribution in [0.3, 0.4) is 0 Å². The van der Waals surface area contributed by atoms with Crippen LogP contribution in [0.2, 0.25) is 0 Å². The second-order valence-electron chi connectivity index (χ2n) is 8.10. The summed E-state index contributed by atoms with van der Waals surface area (Å²) in [7, 11) is 0. The lowest BCUT2D eigenvalue weighted by Gasteiger charge is -2.18. The van der Waals surface area contributed by atoms with E-state index in [1.54, 1.807) is 0 Å². The van der Waals surface area contributed by atoms with Crippen LogP contribution in [0, 0.1) is 0 Å². The van der Waals surface area contributed by atoms with Crippen molar-refractivity contribution in [3.63, 3.8) is 0 Å². The van der Waals surface area contributed by atoms with Crippen molar-refractivity contribution in [1.29, 1.82) is 0 Å². The Hall–Kier alpha value is -3.57. The monoisotopic (exact) mass is 468 g/mol. The zero-order chi connectivity index (χ0) is 23.8. The van der Waals surface area contributed by atoms with Gasteiger partial charge in [-0.25, -0.2) is 0 Å². The molecule has 0 saturated heterocycles. The number of amides is 2. The third-order valence-electron chi connectivity index (χ3n) is 5.52. The van der Waals surface area contributed by atoms with Gasteiger partial charge in [0.2, 0.25) is 11.8 Å². The van der Waals surface area contributed by atoms with Crippen LogP contribution in [0.15, 0.2) is 102 Å². The van der Waals surface area contributed by atoms with Crippen molar-refractivity contribution in [2.45, 2.75) is 36.3 Å². The summed E-state index contributed by atoms with van der Waals surface area (Å²) in [5.74, 6) is -0.0813. The zero-order valence-electron chi connectivity index (χ0n) is 19.2. The van der Waals surface area contributed by atoms with E-state index in [1.807, 2.05) is 97.1 Å². The molecular weight excluding hydrogens is 440 g/mol. The van der Waals surface area contributed by atoms with Gasteiger partial charge in [0.1, 0.15) is 5.25 Å². The third kappa shape index (κ3) is 6.06. The fraction of sp³-hybridized carbons (Fsp3) is 0.172. The van der Waals surface area contributed by atoms with E-state index in [0.29, 0.717) is 6.42 Å². The van der Waals surface area contributed by atoms with E-state index >= 15 is 0 Å². The first-order valence-corrected chi connectivity index (χ1v) is 12.4. The number of unbranched alkanes of at least 4 members (excludes halogenated alkanes) is 1. The number of hydrogen-bond donors (Lipinski definition) is 2. The first-order chi connectivity index (χ1) is 16.6. The molecule has 4 nitrogen and oxygen atoms in total. The molecule has 0 aromatic heterocycles. The minimum absolute atomic E-state index is 0.0114. The van der Waals surface area contributed by atoms with E-state index < -0.39 is 5.25 Å². The zero-order valence-corrected chi connectivity index (χ0v) is 20.0. The van der Waals surface area contributed by atoms with E-state index in [-0.39, 0.29) is 11.8 Å². The van der Waals surface area contributed by atoms with Crippen molar-refractivity contribution >= 4 is 45.7 Å². The number of nitrogens with one attached hydrogen (secondary N) is 2. The van der Waals surface area contributed by atoms with Gasteiger partial charge in [-0.3, -0.25) is 9.59 Å². The Morgan fingerprint density at radius 1 is 0.824 bits per heavy atom. The minimum atomic E-state index is -0.453. The normalized spacial score (nSPS) is 11.7. The van der Waals surface area contributed by atoms with Crippen molar-refractivity contribution in [3.05, 3.63) is 103 Å². The molecule has 0 fully saturated rings. The fourth-order valence-corrected chi connectivity index (χ4v) is 4.86. The Kier molecular flexibility index (Phi) is 7.99. The van der Waals surface area contributed by atoms with Crippen LogP contribution in [-0.4, -0.2) is 11.8 Å². The molecule has 2 N–H and O–H groups in total. The molecule has 5 heteroatoms. The Bertz CT molecular complexity index is 1270. The molecular formula is C29H28N2O2S. The van der Waals surface area contributed by atoms with Gasteiger partial charge in [0, 0.05) is 28.1 Å².